The summed E-state index contributed by atoms with van der Waals surface area (Å²) in [6, 6.07) is 19.4. The first-order valence-electron chi connectivity index (χ1n) is 8.21. The number of hydrogen-bond acceptors (Lipinski definition) is 4. The second-order valence-electron chi connectivity index (χ2n) is 5.82. The lowest BCUT2D eigenvalue weighted by atomic mass is 10.0. The maximum absolute atomic E-state index is 5.98. The smallest absolute Gasteiger partial charge is 0.216 e. The van der Waals surface area contributed by atoms with E-state index in [1.165, 1.54) is 0 Å². The Morgan fingerprint density at radius 3 is 2.67 bits per heavy atom. The molecule has 7 heteroatoms. The molecule has 1 aromatic heterocycles. The van der Waals surface area contributed by atoms with Crippen LogP contribution in [0.15, 0.2) is 65.8 Å². The van der Waals surface area contributed by atoms with Gasteiger partial charge in [0.25, 0.3) is 0 Å². The van der Waals surface area contributed by atoms with Gasteiger partial charge in [-0.3, -0.25) is 0 Å². The molecule has 134 valence electrons. The van der Waals surface area contributed by atoms with Crippen molar-refractivity contribution in [2.45, 2.75) is 0 Å². The summed E-state index contributed by atoms with van der Waals surface area (Å²) in [6.45, 7) is 0. The fraction of sp³-hybridized carbons (Fsp3) is 0.0500. The molecule has 0 bridgehead atoms. The molecule has 0 aliphatic carbocycles. The maximum Gasteiger partial charge on any atom is 0.216 e. The van der Waals surface area contributed by atoms with Gasteiger partial charge in [0.05, 0.1) is 13.3 Å². The molecule has 0 aliphatic heterocycles. The van der Waals surface area contributed by atoms with Crippen LogP contribution in [0, 0.1) is 4.77 Å². The van der Waals surface area contributed by atoms with Gasteiger partial charge in [-0.2, -0.15) is 14.9 Å². The normalized spacial score (nSPS) is 11.3. The van der Waals surface area contributed by atoms with E-state index in [1.807, 2.05) is 42.5 Å². The molecule has 0 amide bonds. The summed E-state index contributed by atoms with van der Waals surface area (Å²) in [5.74, 6) is 1.34. The van der Waals surface area contributed by atoms with Gasteiger partial charge < -0.3 is 4.74 Å². The van der Waals surface area contributed by atoms with E-state index in [9.17, 15) is 0 Å². The molecule has 4 rings (SSSR count). The third-order valence-electron chi connectivity index (χ3n) is 4.21. The highest BCUT2D eigenvalue weighted by molar-refractivity contribution is 7.71. The first-order chi connectivity index (χ1) is 13.2. The van der Waals surface area contributed by atoms with Crippen molar-refractivity contribution >= 4 is 40.8 Å². The van der Waals surface area contributed by atoms with Crippen LogP contribution in [0.4, 0.5) is 0 Å². The number of halogens is 1. The van der Waals surface area contributed by atoms with Crippen molar-refractivity contribution < 1.29 is 4.74 Å². The molecule has 4 aromatic rings. The van der Waals surface area contributed by atoms with Gasteiger partial charge in [0.2, 0.25) is 4.77 Å². The highest BCUT2D eigenvalue weighted by Crippen LogP contribution is 2.27. The molecule has 0 fully saturated rings. The molecule has 0 unspecified atom stereocenters. The van der Waals surface area contributed by atoms with E-state index in [4.69, 9.17) is 28.6 Å². The van der Waals surface area contributed by atoms with Gasteiger partial charge in [0.1, 0.15) is 5.75 Å². The summed E-state index contributed by atoms with van der Waals surface area (Å²) in [4.78, 5) is 0. The highest BCUT2D eigenvalue weighted by atomic mass is 35.5. The van der Waals surface area contributed by atoms with Crippen molar-refractivity contribution in [3.8, 4) is 17.1 Å². The second-order valence-corrected chi connectivity index (χ2v) is 6.64. The van der Waals surface area contributed by atoms with E-state index in [2.05, 4.69) is 21.4 Å². The fourth-order valence-electron chi connectivity index (χ4n) is 2.89. The molecule has 1 heterocycles. The summed E-state index contributed by atoms with van der Waals surface area (Å²) in [7, 11) is 1.64. The van der Waals surface area contributed by atoms with Gasteiger partial charge >= 0.3 is 0 Å². The standard InChI is InChI=1S/C20H15ClN4OS/c1-26-18-11-8-13-4-2-3-5-16(13)17(18)12-22-25-19(23-24-20(25)27)14-6-9-15(21)10-7-14/h2-12H,1H3,(H,24,27)/b22-12+. The van der Waals surface area contributed by atoms with E-state index in [1.54, 1.807) is 30.1 Å². The number of nitrogens with zero attached hydrogens (tertiary/aromatic N) is 3. The average molecular weight is 395 g/mol. The third-order valence-corrected chi connectivity index (χ3v) is 4.72. The van der Waals surface area contributed by atoms with Crippen LogP contribution in [-0.4, -0.2) is 28.2 Å². The predicted molar refractivity (Wildman–Crippen MR) is 111 cm³/mol. The highest BCUT2D eigenvalue weighted by Gasteiger charge is 2.10. The van der Waals surface area contributed by atoms with Crippen molar-refractivity contribution in [2.75, 3.05) is 7.11 Å². The number of ether oxygens (including phenoxy) is 1. The SMILES string of the molecule is COc1ccc2ccccc2c1/C=N/n1c(-c2ccc(Cl)cc2)n[nH]c1=S. The molecular weight excluding hydrogens is 380 g/mol. The van der Waals surface area contributed by atoms with Gasteiger partial charge in [-0.1, -0.05) is 41.9 Å². The molecule has 0 atom stereocenters. The number of benzene rings is 3. The van der Waals surface area contributed by atoms with Crippen LogP contribution in [0.2, 0.25) is 5.02 Å². The molecule has 3 aromatic carbocycles. The predicted octanol–water partition coefficient (Wildman–Crippen LogP) is 5.31. The number of nitrogens with one attached hydrogen (secondary N) is 1. The Bertz CT molecular complexity index is 1190. The number of H-pyrrole nitrogens is 1. The number of hydrogen-bond donors (Lipinski definition) is 1. The molecule has 5 nitrogen and oxygen atoms in total. The summed E-state index contributed by atoms with van der Waals surface area (Å²) >= 11 is 11.3. The lowest BCUT2D eigenvalue weighted by molar-refractivity contribution is 0.415. The van der Waals surface area contributed by atoms with E-state index >= 15 is 0 Å². The molecule has 1 N–H and O–H groups in total. The zero-order chi connectivity index (χ0) is 18.8. The summed E-state index contributed by atoms with van der Waals surface area (Å²) < 4.78 is 7.50. The first-order valence-corrected chi connectivity index (χ1v) is 8.99. The zero-order valence-electron chi connectivity index (χ0n) is 14.4. The fourth-order valence-corrected chi connectivity index (χ4v) is 3.19. The number of fused-ring (bicyclic) bond motifs is 1. The van der Waals surface area contributed by atoms with Crippen molar-refractivity contribution in [1.82, 2.24) is 14.9 Å². The Kier molecular flexibility index (Phi) is 4.75. The molecule has 0 spiro atoms. The minimum absolute atomic E-state index is 0.399. The number of aromatic amines is 1. The van der Waals surface area contributed by atoms with Crippen molar-refractivity contribution in [3.05, 3.63) is 76.0 Å². The molecule has 0 saturated heterocycles. The topological polar surface area (TPSA) is 55.2 Å². The number of rotatable bonds is 4. The van der Waals surface area contributed by atoms with Crippen LogP contribution in [0.5, 0.6) is 5.75 Å². The van der Waals surface area contributed by atoms with E-state index in [0.29, 0.717) is 15.6 Å². The number of methoxy groups -OCH3 is 1. The van der Waals surface area contributed by atoms with Gasteiger partial charge in [0.15, 0.2) is 5.82 Å². The van der Waals surface area contributed by atoms with Crippen LogP contribution in [0.25, 0.3) is 22.2 Å². The molecular formula is C20H15ClN4OS. The molecule has 0 aliphatic rings. The quantitative estimate of drug-likeness (QED) is 0.377. The minimum Gasteiger partial charge on any atom is -0.496 e. The Morgan fingerprint density at radius 2 is 1.89 bits per heavy atom. The van der Waals surface area contributed by atoms with Crippen molar-refractivity contribution in [3.63, 3.8) is 0 Å². The minimum atomic E-state index is 0.399. The van der Waals surface area contributed by atoms with Crippen LogP contribution in [0.3, 0.4) is 0 Å². The zero-order valence-corrected chi connectivity index (χ0v) is 16.0. The summed E-state index contributed by atoms with van der Waals surface area (Å²) in [5, 5.41) is 14.5. The lowest BCUT2D eigenvalue weighted by Crippen LogP contribution is -1.97. The molecule has 0 saturated carbocycles. The Balaban J connectivity index is 1.83. The Hall–Kier alpha value is -2.96. The van der Waals surface area contributed by atoms with Crippen LogP contribution < -0.4 is 4.74 Å². The molecule has 27 heavy (non-hydrogen) atoms. The van der Waals surface area contributed by atoms with Crippen LogP contribution in [0.1, 0.15) is 5.56 Å². The van der Waals surface area contributed by atoms with Crippen LogP contribution in [-0.2, 0) is 0 Å². The maximum atomic E-state index is 5.98. The lowest BCUT2D eigenvalue weighted by Gasteiger charge is -2.08. The Morgan fingerprint density at radius 1 is 1.11 bits per heavy atom. The van der Waals surface area contributed by atoms with Gasteiger partial charge in [-0.15, -0.1) is 0 Å². The summed E-state index contributed by atoms with van der Waals surface area (Å²) in [5.41, 5.74) is 1.73. The number of aromatic nitrogens is 3. The Labute approximate surface area is 165 Å². The van der Waals surface area contributed by atoms with Crippen molar-refractivity contribution in [1.29, 1.82) is 0 Å². The van der Waals surface area contributed by atoms with Crippen molar-refractivity contribution in [2.24, 2.45) is 5.10 Å². The van der Waals surface area contributed by atoms with E-state index < -0.39 is 0 Å². The van der Waals surface area contributed by atoms with Crippen LogP contribution >= 0.6 is 23.8 Å². The molecule has 0 radical (unpaired) electrons. The largest absolute Gasteiger partial charge is 0.496 e. The average Bonchev–Trinajstić information content (AvgIpc) is 3.07. The third kappa shape index (κ3) is 3.37. The van der Waals surface area contributed by atoms with E-state index in [0.717, 1.165) is 27.6 Å². The van der Waals surface area contributed by atoms with E-state index in [-0.39, 0.29) is 0 Å². The monoisotopic (exact) mass is 394 g/mol. The van der Waals surface area contributed by atoms with Gasteiger partial charge in [-0.25, -0.2) is 5.10 Å². The first kappa shape index (κ1) is 17.5. The van der Waals surface area contributed by atoms with Gasteiger partial charge in [0, 0.05) is 16.1 Å². The summed E-state index contributed by atoms with van der Waals surface area (Å²) in [6.07, 6.45) is 1.74. The van der Waals surface area contributed by atoms with Gasteiger partial charge in [-0.05, 0) is 53.3 Å². The second kappa shape index (κ2) is 7.34.